The molecule has 0 spiro atoms. The van der Waals surface area contributed by atoms with Gasteiger partial charge in [0.2, 0.25) is 11.8 Å². The second-order valence-corrected chi connectivity index (χ2v) is 9.23. The van der Waals surface area contributed by atoms with Gasteiger partial charge in [-0.15, -0.1) is 10.2 Å². The van der Waals surface area contributed by atoms with Crippen molar-refractivity contribution < 1.29 is 14.3 Å². The van der Waals surface area contributed by atoms with Crippen molar-refractivity contribution >= 4 is 35.0 Å². The van der Waals surface area contributed by atoms with Crippen molar-refractivity contribution in [2.75, 3.05) is 16.4 Å². The van der Waals surface area contributed by atoms with Crippen LogP contribution in [0, 0.1) is 5.92 Å². The summed E-state index contributed by atoms with van der Waals surface area (Å²) in [6, 6.07) is 15.0. The summed E-state index contributed by atoms with van der Waals surface area (Å²) in [6.07, 6.45) is 0.986. The summed E-state index contributed by atoms with van der Waals surface area (Å²) in [6.45, 7) is 8.85. The standard InChI is InChI=1S/C25H31N5O3S/c1-5-19-6-12-22(13-7-19)33-15-23-28-29-25(30(23)14-17(2)3)34-16-24(32)27-21-10-8-20(9-11-21)26-18(4)31/h6-13,17H,5,14-16H2,1-4H3,(H,26,31)(H,27,32). The van der Waals surface area contributed by atoms with Gasteiger partial charge in [0, 0.05) is 24.8 Å². The van der Waals surface area contributed by atoms with Gasteiger partial charge in [-0.25, -0.2) is 0 Å². The van der Waals surface area contributed by atoms with Crippen LogP contribution < -0.4 is 15.4 Å². The van der Waals surface area contributed by atoms with Crippen LogP contribution in [0.3, 0.4) is 0 Å². The molecule has 1 heterocycles. The molecule has 1 aromatic heterocycles. The Morgan fingerprint density at radius 3 is 2.24 bits per heavy atom. The van der Waals surface area contributed by atoms with Gasteiger partial charge in [0.1, 0.15) is 12.4 Å². The molecule has 0 bridgehead atoms. The van der Waals surface area contributed by atoms with Gasteiger partial charge in [0.25, 0.3) is 0 Å². The second kappa shape index (κ2) is 12.2. The van der Waals surface area contributed by atoms with Crippen molar-refractivity contribution in [3.63, 3.8) is 0 Å². The van der Waals surface area contributed by atoms with E-state index in [9.17, 15) is 9.59 Å². The van der Waals surface area contributed by atoms with Crippen molar-refractivity contribution in [1.29, 1.82) is 0 Å². The fourth-order valence-electron chi connectivity index (χ4n) is 3.22. The second-order valence-electron chi connectivity index (χ2n) is 8.28. The first-order valence-electron chi connectivity index (χ1n) is 11.3. The largest absolute Gasteiger partial charge is 0.486 e. The number of hydrogen-bond donors (Lipinski definition) is 2. The Labute approximate surface area is 204 Å². The fraction of sp³-hybridized carbons (Fsp3) is 0.360. The molecule has 9 heteroatoms. The van der Waals surface area contributed by atoms with Crippen LogP contribution in [0.2, 0.25) is 0 Å². The van der Waals surface area contributed by atoms with Crippen LogP contribution in [-0.2, 0) is 29.2 Å². The van der Waals surface area contributed by atoms with Crippen LogP contribution >= 0.6 is 11.8 Å². The molecule has 2 amide bonds. The van der Waals surface area contributed by atoms with Gasteiger partial charge in [-0.2, -0.15) is 0 Å². The topological polar surface area (TPSA) is 98.1 Å². The first-order valence-corrected chi connectivity index (χ1v) is 12.3. The number of thioether (sulfide) groups is 1. The predicted molar refractivity (Wildman–Crippen MR) is 135 cm³/mol. The third-order valence-corrected chi connectivity index (χ3v) is 5.83. The Morgan fingerprint density at radius 1 is 1.00 bits per heavy atom. The average molecular weight is 482 g/mol. The summed E-state index contributed by atoms with van der Waals surface area (Å²) in [4.78, 5) is 23.6. The first-order chi connectivity index (χ1) is 16.3. The molecule has 0 aliphatic heterocycles. The molecular weight excluding hydrogens is 450 g/mol. The zero-order valence-electron chi connectivity index (χ0n) is 20.0. The Bertz CT molecular complexity index is 1090. The van der Waals surface area contributed by atoms with Crippen molar-refractivity contribution in [2.45, 2.75) is 52.4 Å². The quantitative estimate of drug-likeness (QED) is 0.383. The number of carbonyl (C=O) groups excluding carboxylic acids is 2. The van der Waals surface area contributed by atoms with E-state index >= 15 is 0 Å². The number of nitrogens with one attached hydrogen (secondary N) is 2. The van der Waals surface area contributed by atoms with Crippen LogP contribution in [0.5, 0.6) is 5.75 Å². The molecule has 3 rings (SSSR count). The van der Waals surface area contributed by atoms with Gasteiger partial charge in [-0.05, 0) is 54.3 Å². The van der Waals surface area contributed by atoms with Gasteiger partial charge in [0.15, 0.2) is 11.0 Å². The maximum Gasteiger partial charge on any atom is 0.234 e. The normalized spacial score (nSPS) is 10.9. The minimum absolute atomic E-state index is 0.141. The molecule has 0 fully saturated rings. The van der Waals surface area contributed by atoms with Gasteiger partial charge in [-0.1, -0.05) is 44.7 Å². The zero-order valence-corrected chi connectivity index (χ0v) is 20.8. The van der Waals surface area contributed by atoms with E-state index in [0.717, 1.165) is 24.5 Å². The van der Waals surface area contributed by atoms with E-state index in [1.165, 1.54) is 24.2 Å². The SMILES string of the molecule is CCc1ccc(OCc2nnc(SCC(=O)Nc3ccc(NC(C)=O)cc3)n2CC(C)C)cc1. The summed E-state index contributed by atoms with van der Waals surface area (Å²) >= 11 is 1.34. The lowest BCUT2D eigenvalue weighted by Crippen LogP contribution is -2.16. The Balaban J connectivity index is 1.59. The summed E-state index contributed by atoms with van der Waals surface area (Å²) in [5.41, 5.74) is 2.60. The van der Waals surface area contributed by atoms with Crippen LogP contribution in [0.1, 0.15) is 39.1 Å². The van der Waals surface area contributed by atoms with E-state index in [2.05, 4.69) is 53.7 Å². The van der Waals surface area contributed by atoms with Gasteiger partial charge in [-0.3, -0.25) is 9.59 Å². The van der Waals surface area contributed by atoms with Crippen molar-refractivity contribution in [3.8, 4) is 5.75 Å². The minimum Gasteiger partial charge on any atom is -0.486 e. The molecule has 34 heavy (non-hydrogen) atoms. The van der Waals surface area contributed by atoms with Crippen LogP contribution in [0.4, 0.5) is 11.4 Å². The maximum absolute atomic E-state index is 12.5. The highest BCUT2D eigenvalue weighted by molar-refractivity contribution is 7.99. The van der Waals surface area contributed by atoms with E-state index in [0.29, 0.717) is 29.1 Å². The number of rotatable bonds is 11. The Kier molecular flexibility index (Phi) is 9.09. The zero-order chi connectivity index (χ0) is 24.5. The van der Waals surface area contributed by atoms with Crippen molar-refractivity contribution in [3.05, 3.63) is 59.9 Å². The molecule has 8 nitrogen and oxygen atoms in total. The summed E-state index contributed by atoms with van der Waals surface area (Å²) in [5.74, 6) is 1.80. The predicted octanol–water partition coefficient (Wildman–Crippen LogP) is 4.76. The highest BCUT2D eigenvalue weighted by Crippen LogP contribution is 2.21. The van der Waals surface area contributed by atoms with Crippen LogP contribution in [0.25, 0.3) is 0 Å². The van der Waals surface area contributed by atoms with E-state index in [1.807, 2.05) is 16.7 Å². The molecule has 0 unspecified atom stereocenters. The first kappa shape index (κ1) is 25.3. The summed E-state index contributed by atoms with van der Waals surface area (Å²) < 4.78 is 7.95. The molecular formula is C25H31N5O3S. The fourth-order valence-corrected chi connectivity index (χ4v) is 3.98. The Morgan fingerprint density at radius 2 is 1.65 bits per heavy atom. The minimum atomic E-state index is -0.148. The molecule has 180 valence electrons. The van der Waals surface area contributed by atoms with Crippen LogP contribution in [0.15, 0.2) is 53.7 Å². The number of aryl methyl sites for hydroxylation is 1. The van der Waals surface area contributed by atoms with E-state index in [4.69, 9.17) is 4.74 Å². The molecule has 3 aromatic rings. The van der Waals surface area contributed by atoms with E-state index < -0.39 is 0 Å². The number of amides is 2. The van der Waals surface area contributed by atoms with E-state index in [1.54, 1.807) is 24.3 Å². The lowest BCUT2D eigenvalue weighted by molar-refractivity contribution is -0.114. The van der Waals surface area contributed by atoms with Crippen molar-refractivity contribution in [1.82, 2.24) is 14.8 Å². The number of benzene rings is 2. The molecule has 0 atom stereocenters. The number of ether oxygens (including phenoxy) is 1. The van der Waals surface area contributed by atoms with Crippen molar-refractivity contribution in [2.24, 2.45) is 5.92 Å². The van der Waals surface area contributed by atoms with Gasteiger partial charge < -0.3 is 19.9 Å². The number of aromatic nitrogens is 3. The number of hydrogen-bond acceptors (Lipinski definition) is 6. The van der Waals surface area contributed by atoms with Gasteiger partial charge >= 0.3 is 0 Å². The molecule has 0 radical (unpaired) electrons. The molecule has 2 aromatic carbocycles. The third kappa shape index (κ3) is 7.62. The molecule has 0 saturated heterocycles. The monoisotopic (exact) mass is 481 g/mol. The molecule has 0 aliphatic carbocycles. The number of anilines is 2. The smallest absolute Gasteiger partial charge is 0.234 e. The van der Waals surface area contributed by atoms with Crippen LogP contribution in [-0.4, -0.2) is 32.3 Å². The highest BCUT2D eigenvalue weighted by atomic mass is 32.2. The van der Waals surface area contributed by atoms with E-state index in [-0.39, 0.29) is 17.6 Å². The molecule has 0 aliphatic rings. The van der Waals surface area contributed by atoms with Gasteiger partial charge in [0.05, 0.1) is 5.75 Å². The summed E-state index contributed by atoms with van der Waals surface area (Å²) in [5, 5.41) is 14.9. The summed E-state index contributed by atoms with van der Waals surface area (Å²) in [7, 11) is 0. The Hall–Kier alpha value is -3.33. The molecule has 0 saturated carbocycles. The lowest BCUT2D eigenvalue weighted by Gasteiger charge is -2.13. The number of nitrogens with zero attached hydrogens (tertiary/aromatic N) is 3. The highest BCUT2D eigenvalue weighted by Gasteiger charge is 2.16. The average Bonchev–Trinajstić information content (AvgIpc) is 3.18. The number of carbonyl (C=O) groups is 2. The lowest BCUT2D eigenvalue weighted by atomic mass is 10.2. The molecule has 2 N–H and O–H groups in total. The maximum atomic E-state index is 12.5. The third-order valence-electron chi connectivity index (χ3n) is 4.86.